The number of halogens is 2. The molecule has 4 N–H and O–H groups in total. The molecule has 0 saturated heterocycles. The van der Waals surface area contributed by atoms with Crippen LogP contribution in [0.1, 0.15) is 0 Å². The summed E-state index contributed by atoms with van der Waals surface area (Å²) in [5, 5.41) is 4.63. The molecule has 0 aromatic heterocycles. The zero-order valence-electron chi connectivity index (χ0n) is 15.8. The molecule has 0 spiro atoms. The molecule has 0 fully saturated rings. The smallest absolute Gasteiger partial charge is 0.369 e. The van der Waals surface area contributed by atoms with Crippen LogP contribution >= 0.6 is 17.2 Å². The molecule has 0 saturated carbocycles. The number of quaternary nitrogens is 1. The van der Waals surface area contributed by atoms with Gasteiger partial charge in [-0.15, -0.1) is 0 Å². The predicted molar refractivity (Wildman–Crippen MR) is 123 cm³/mol. The quantitative estimate of drug-likeness (QED) is 0.485. The van der Waals surface area contributed by atoms with Crippen LogP contribution in [0.4, 0.5) is 0 Å². The van der Waals surface area contributed by atoms with Crippen LogP contribution in [0.3, 0.4) is 0 Å². The van der Waals surface area contributed by atoms with Gasteiger partial charge in [0.05, 0.1) is 0 Å². The number of benzene rings is 4. The molecule has 144 valence electrons. The molecule has 0 bridgehead atoms. The molecule has 0 unspecified atom stereocenters. The second-order valence-corrected chi connectivity index (χ2v) is 12.5. The SMILES string of the molecule is ClP(c1ccccc1)(c1ccccc1)(c1ccccc1)c1ccccc1.[Cl-].[NH4+]. The fourth-order valence-corrected chi connectivity index (χ4v) is 9.80. The van der Waals surface area contributed by atoms with Crippen molar-refractivity contribution in [2.45, 2.75) is 0 Å². The standard InChI is InChI=1S/C24H20ClP.ClH.H3N/c25-26(21-13-5-1-6-14-21,22-15-7-2-8-16-22,23-17-9-3-10-18-23)24-19-11-4-12-20-24;;/h1-20H;1H;1H3. The van der Waals surface area contributed by atoms with Crippen LogP contribution in [0.25, 0.3) is 0 Å². The summed E-state index contributed by atoms with van der Waals surface area (Å²) in [7, 11) is 0. The van der Waals surface area contributed by atoms with Gasteiger partial charge in [0, 0.05) is 0 Å². The van der Waals surface area contributed by atoms with Crippen molar-refractivity contribution in [1.29, 1.82) is 0 Å². The molecule has 0 aliphatic carbocycles. The van der Waals surface area contributed by atoms with E-state index in [0.29, 0.717) is 0 Å². The third-order valence-electron chi connectivity index (χ3n) is 4.96. The third kappa shape index (κ3) is 3.26. The zero-order valence-corrected chi connectivity index (χ0v) is 18.2. The van der Waals surface area contributed by atoms with Crippen LogP contribution in [0.5, 0.6) is 0 Å². The maximum atomic E-state index is 8.03. The van der Waals surface area contributed by atoms with Gasteiger partial charge in [0.1, 0.15) is 0 Å². The van der Waals surface area contributed by atoms with Crippen molar-refractivity contribution in [2.75, 3.05) is 0 Å². The van der Waals surface area contributed by atoms with Crippen LogP contribution in [-0.2, 0) is 0 Å². The summed E-state index contributed by atoms with van der Waals surface area (Å²) in [6.45, 7) is 0. The summed E-state index contributed by atoms with van der Waals surface area (Å²) in [5.74, 6) is -3.34. The Hall–Kier alpha value is -2.15. The minimum atomic E-state index is -3.34. The number of hydrogen-bond acceptors (Lipinski definition) is 0. The Morgan fingerprint density at radius 1 is 0.393 bits per heavy atom. The first-order valence-corrected chi connectivity index (χ1v) is 11.8. The maximum Gasteiger partial charge on any atom is -0.369 e. The minimum Gasteiger partial charge on any atom is -1.00 e. The van der Waals surface area contributed by atoms with Crippen LogP contribution < -0.4 is 39.8 Å². The van der Waals surface area contributed by atoms with Gasteiger partial charge in [0.25, 0.3) is 0 Å². The second kappa shape index (κ2) is 8.90. The summed E-state index contributed by atoms with van der Waals surface area (Å²) < 4.78 is 0. The Labute approximate surface area is 178 Å². The van der Waals surface area contributed by atoms with E-state index < -0.39 is 5.96 Å². The van der Waals surface area contributed by atoms with Crippen LogP contribution in [0, 0.1) is 0 Å². The first-order valence-electron chi connectivity index (χ1n) is 8.71. The largest absolute Gasteiger partial charge is 1.00 e. The van der Waals surface area contributed by atoms with Crippen molar-refractivity contribution in [3.05, 3.63) is 121 Å². The number of rotatable bonds is 4. The molecular formula is C24H24Cl2NP. The van der Waals surface area contributed by atoms with E-state index >= 15 is 0 Å². The van der Waals surface area contributed by atoms with Gasteiger partial charge in [-0.1, -0.05) is 0 Å². The molecule has 28 heavy (non-hydrogen) atoms. The predicted octanol–water partition coefficient (Wildman–Crippen LogP) is 2.38. The summed E-state index contributed by atoms with van der Waals surface area (Å²) in [6, 6.07) is 42.1. The molecule has 4 aromatic carbocycles. The average Bonchev–Trinajstić information content (AvgIpc) is 2.76. The molecule has 0 atom stereocenters. The fourth-order valence-electron chi connectivity index (χ4n) is 3.73. The first-order chi connectivity index (χ1) is 12.7. The van der Waals surface area contributed by atoms with Crippen molar-refractivity contribution in [3.63, 3.8) is 0 Å². The summed E-state index contributed by atoms with van der Waals surface area (Å²) in [6.07, 6.45) is 0. The molecule has 4 heteroatoms. The van der Waals surface area contributed by atoms with Crippen LogP contribution in [0.2, 0.25) is 0 Å². The van der Waals surface area contributed by atoms with Gasteiger partial charge in [-0.2, -0.15) is 0 Å². The fraction of sp³-hybridized carbons (Fsp3) is 0. The molecular weight excluding hydrogens is 404 g/mol. The van der Waals surface area contributed by atoms with Crippen molar-refractivity contribution in [3.8, 4) is 0 Å². The second-order valence-electron chi connectivity index (χ2n) is 6.35. The van der Waals surface area contributed by atoms with Crippen molar-refractivity contribution >= 4 is 38.4 Å². The summed E-state index contributed by atoms with van der Waals surface area (Å²) >= 11 is 8.03. The van der Waals surface area contributed by atoms with E-state index in [1.165, 1.54) is 0 Å². The van der Waals surface area contributed by atoms with Gasteiger partial charge in [-0.25, -0.2) is 0 Å². The van der Waals surface area contributed by atoms with Crippen LogP contribution in [0.15, 0.2) is 121 Å². The Bertz CT molecular complexity index is 824. The topological polar surface area (TPSA) is 36.5 Å². The van der Waals surface area contributed by atoms with Gasteiger partial charge in [0.2, 0.25) is 0 Å². The summed E-state index contributed by atoms with van der Waals surface area (Å²) in [4.78, 5) is 0. The van der Waals surface area contributed by atoms with Gasteiger partial charge in [-0.05, 0) is 0 Å². The molecule has 0 heterocycles. The van der Waals surface area contributed by atoms with E-state index in [0.717, 1.165) is 21.2 Å². The molecule has 0 aliphatic rings. The first kappa shape index (κ1) is 22.1. The molecule has 0 amide bonds. The van der Waals surface area contributed by atoms with Crippen molar-refractivity contribution in [1.82, 2.24) is 6.15 Å². The van der Waals surface area contributed by atoms with E-state index in [2.05, 4.69) is 97.1 Å². The van der Waals surface area contributed by atoms with Gasteiger partial charge in [-0.3, -0.25) is 0 Å². The van der Waals surface area contributed by atoms with E-state index in [9.17, 15) is 0 Å². The minimum absolute atomic E-state index is 0. The normalized spacial score (nSPS) is 12.0. The van der Waals surface area contributed by atoms with Crippen molar-refractivity contribution < 1.29 is 12.4 Å². The van der Waals surface area contributed by atoms with E-state index in [1.807, 2.05) is 24.3 Å². The van der Waals surface area contributed by atoms with Gasteiger partial charge >= 0.3 is 160 Å². The van der Waals surface area contributed by atoms with Crippen molar-refractivity contribution in [2.24, 2.45) is 0 Å². The Kier molecular flexibility index (Phi) is 7.04. The zero-order chi connectivity index (χ0) is 17.9. The average molecular weight is 428 g/mol. The molecule has 0 aliphatic heterocycles. The molecule has 1 nitrogen and oxygen atoms in total. The molecule has 0 radical (unpaired) electrons. The Morgan fingerprint density at radius 3 is 0.750 bits per heavy atom. The molecule has 4 aromatic rings. The molecule has 4 rings (SSSR count). The van der Waals surface area contributed by atoms with E-state index in [1.54, 1.807) is 0 Å². The monoisotopic (exact) mass is 427 g/mol. The van der Waals surface area contributed by atoms with E-state index in [4.69, 9.17) is 11.2 Å². The Morgan fingerprint density at radius 2 is 0.571 bits per heavy atom. The van der Waals surface area contributed by atoms with Crippen LogP contribution in [-0.4, -0.2) is 0 Å². The summed E-state index contributed by atoms with van der Waals surface area (Å²) in [5.41, 5.74) is 0. The maximum absolute atomic E-state index is 8.03. The van der Waals surface area contributed by atoms with Gasteiger partial charge in [0.15, 0.2) is 0 Å². The third-order valence-corrected chi connectivity index (χ3v) is 12.4. The van der Waals surface area contributed by atoms with E-state index in [-0.39, 0.29) is 18.6 Å². The van der Waals surface area contributed by atoms with Gasteiger partial charge < -0.3 is 18.6 Å². The Balaban J connectivity index is 0.00000140. The number of hydrogen-bond donors (Lipinski definition) is 1.